The summed E-state index contributed by atoms with van der Waals surface area (Å²) in [5.74, 6) is 0. The Morgan fingerprint density at radius 2 is 2.06 bits per heavy atom. The lowest BCUT2D eigenvalue weighted by Crippen LogP contribution is -2.07. The molecular weight excluding hydrogens is 232 g/mol. The number of nitrogen functional groups attached to an aromatic ring is 1. The van der Waals surface area contributed by atoms with Gasteiger partial charge in [0.2, 0.25) is 0 Å². The van der Waals surface area contributed by atoms with Crippen molar-refractivity contribution in [3.8, 4) is 0 Å². The highest BCUT2D eigenvalue weighted by atomic mass is 32.2. The van der Waals surface area contributed by atoms with E-state index in [0.29, 0.717) is 5.25 Å². The van der Waals surface area contributed by atoms with Crippen molar-refractivity contribution in [2.24, 2.45) is 0 Å². The summed E-state index contributed by atoms with van der Waals surface area (Å²) < 4.78 is 5.72. The van der Waals surface area contributed by atoms with Crippen LogP contribution in [0.5, 0.6) is 0 Å². The van der Waals surface area contributed by atoms with E-state index in [1.165, 1.54) is 32.1 Å². The van der Waals surface area contributed by atoms with E-state index in [0.717, 1.165) is 22.0 Å². The van der Waals surface area contributed by atoms with Gasteiger partial charge in [0.1, 0.15) is 5.52 Å². The summed E-state index contributed by atoms with van der Waals surface area (Å²) in [6.45, 7) is 0. The van der Waals surface area contributed by atoms with Crippen molar-refractivity contribution in [1.29, 1.82) is 0 Å². The molecule has 3 nitrogen and oxygen atoms in total. The fraction of sp³-hybridized carbons (Fsp3) is 0.462. The third kappa shape index (κ3) is 2.41. The molecule has 1 fully saturated rings. The maximum atomic E-state index is 5.72. The molecule has 0 spiro atoms. The minimum atomic E-state index is 0.675. The van der Waals surface area contributed by atoms with Crippen molar-refractivity contribution in [1.82, 2.24) is 4.98 Å². The van der Waals surface area contributed by atoms with Gasteiger partial charge in [-0.3, -0.25) is 0 Å². The predicted molar refractivity (Wildman–Crippen MR) is 71.2 cm³/mol. The number of rotatable bonds is 2. The van der Waals surface area contributed by atoms with E-state index in [1.807, 2.05) is 18.2 Å². The Morgan fingerprint density at radius 1 is 1.24 bits per heavy atom. The fourth-order valence-electron chi connectivity index (χ4n) is 2.30. The van der Waals surface area contributed by atoms with Gasteiger partial charge >= 0.3 is 0 Å². The molecule has 0 radical (unpaired) electrons. The van der Waals surface area contributed by atoms with E-state index in [2.05, 4.69) is 4.98 Å². The van der Waals surface area contributed by atoms with Crippen LogP contribution in [-0.2, 0) is 0 Å². The minimum absolute atomic E-state index is 0.675. The summed E-state index contributed by atoms with van der Waals surface area (Å²) in [6.07, 6.45) is 6.62. The van der Waals surface area contributed by atoms with E-state index in [1.54, 1.807) is 11.8 Å². The van der Waals surface area contributed by atoms with Crippen molar-refractivity contribution >= 4 is 28.5 Å². The maximum absolute atomic E-state index is 5.72. The van der Waals surface area contributed by atoms with Crippen molar-refractivity contribution in [3.05, 3.63) is 18.2 Å². The molecule has 0 bridgehead atoms. The molecule has 1 saturated carbocycles. The second-order valence-corrected chi connectivity index (χ2v) is 5.84. The molecule has 0 atom stereocenters. The van der Waals surface area contributed by atoms with Gasteiger partial charge in [0.15, 0.2) is 5.58 Å². The average molecular weight is 248 g/mol. The quantitative estimate of drug-likeness (QED) is 0.820. The standard InChI is InChI=1S/C13H16N2OS/c14-9-6-7-11-12(8-9)16-13(15-11)17-10-4-2-1-3-5-10/h6-8,10H,1-5,14H2. The zero-order chi connectivity index (χ0) is 11.7. The fourth-order valence-corrected chi connectivity index (χ4v) is 3.44. The lowest BCUT2D eigenvalue weighted by atomic mass is 10.0. The SMILES string of the molecule is Nc1ccc2nc(SC3CCCCC3)oc2c1. The van der Waals surface area contributed by atoms with Crippen LogP contribution in [0.4, 0.5) is 5.69 Å². The van der Waals surface area contributed by atoms with E-state index in [4.69, 9.17) is 10.2 Å². The monoisotopic (exact) mass is 248 g/mol. The Labute approximate surface area is 105 Å². The zero-order valence-corrected chi connectivity index (χ0v) is 10.5. The van der Waals surface area contributed by atoms with Crippen molar-refractivity contribution in [2.75, 3.05) is 5.73 Å². The summed E-state index contributed by atoms with van der Waals surface area (Å²) in [7, 11) is 0. The topological polar surface area (TPSA) is 52.0 Å². The number of aromatic nitrogens is 1. The van der Waals surface area contributed by atoms with Crippen LogP contribution in [0, 0.1) is 0 Å². The second-order valence-electron chi connectivity index (χ2n) is 4.58. The summed E-state index contributed by atoms with van der Waals surface area (Å²) >= 11 is 1.78. The first-order valence-corrected chi connectivity index (χ1v) is 7.02. The highest BCUT2D eigenvalue weighted by Gasteiger charge is 2.17. The molecule has 2 N–H and O–H groups in total. The van der Waals surface area contributed by atoms with Gasteiger partial charge in [-0.2, -0.15) is 0 Å². The van der Waals surface area contributed by atoms with E-state index < -0.39 is 0 Å². The molecule has 1 aliphatic rings. The molecule has 90 valence electrons. The Morgan fingerprint density at radius 3 is 2.88 bits per heavy atom. The largest absolute Gasteiger partial charge is 0.431 e. The number of hydrogen-bond donors (Lipinski definition) is 1. The molecule has 1 heterocycles. The molecule has 1 aromatic heterocycles. The molecule has 1 aromatic carbocycles. The van der Waals surface area contributed by atoms with Crippen LogP contribution in [0.25, 0.3) is 11.1 Å². The van der Waals surface area contributed by atoms with E-state index in [9.17, 15) is 0 Å². The molecule has 0 amide bonds. The lowest BCUT2D eigenvalue weighted by Gasteiger charge is -2.18. The first kappa shape index (κ1) is 11.0. The number of nitrogens with zero attached hydrogens (tertiary/aromatic N) is 1. The van der Waals surface area contributed by atoms with Gasteiger partial charge in [0, 0.05) is 17.0 Å². The summed E-state index contributed by atoms with van der Waals surface area (Å²) in [6, 6.07) is 5.62. The van der Waals surface area contributed by atoms with Crippen molar-refractivity contribution in [2.45, 2.75) is 42.6 Å². The Hall–Kier alpha value is -1.16. The number of anilines is 1. The first-order chi connectivity index (χ1) is 8.31. The second kappa shape index (κ2) is 4.61. The van der Waals surface area contributed by atoms with Crippen LogP contribution in [0.1, 0.15) is 32.1 Å². The molecule has 2 aromatic rings. The third-order valence-electron chi connectivity index (χ3n) is 3.21. The molecule has 0 unspecified atom stereocenters. The van der Waals surface area contributed by atoms with Crippen LogP contribution < -0.4 is 5.73 Å². The maximum Gasteiger partial charge on any atom is 0.257 e. The first-order valence-electron chi connectivity index (χ1n) is 6.14. The summed E-state index contributed by atoms with van der Waals surface area (Å²) in [5.41, 5.74) is 8.14. The smallest absolute Gasteiger partial charge is 0.257 e. The van der Waals surface area contributed by atoms with Crippen LogP contribution in [0.15, 0.2) is 27.8 Å². The molecular formula is C13H16N2OS. The van der Waals surface area contributed by atoms with Gasteiger partial charge in [0.05, 0.1) is 0 Å². The summed E-state index contributed by atoms with van der Waals surface area (Å²) in [4.78, 5) is 4.49. The number of fused-ring (bicyclic) bond motifs is 1. The number of nitrogens with two attached hydrogens (primary N) is 1. The molecule has 4 heteroatoms. The Kier molecular flexibility index (Phi) is 2.97. The Bertz CT molecular complexity index is 517. The predicted octanol–water partition coefficient (Wildman–Crippen LogP) is 3.83. The van der Waals surface area contributed by atoms with E-state index in [-0.39, 0.29) is 0 Å². The molecule has 17 heavy (non-hydrogen) atoms. The van der Waals surface area contributed by atoms with Crippen molar-refractivity contribution < 1.29 is 4.42 Å². The Balaban J connectivity index is 1.80. The zero-order valence-electron chi connectivity index (χ0n) is 9.69. The third-order valence-corrected chi connectivity index (χ3v) is 4.39. The summed E-state index contributed by atoms with van der Waals surface area (Å²) in [5, 5.41) is 1.46. The van der Waals surface area contributed by atoms with Gasteiger partial charge in [0.25, 0.3) is 5.22 Å². The molecule has 1 aliphatic carbocycles. The van der Waals surface area contributed by atoms with Crippen LogP contribution in [0.3, 0.4) is 0 Å². The van der Waals surface area contributed by atoms with Gasteiger partial charge in [-0.25, -0.2) is 4.98 Å². The molecule has 0 aliphatic heterocycles. The van der Waals surface area contributed by atoms with Crippen LogP contribution in [-0.4, -0.2) is 10.2 Å². The molecule has 3 rings (SSSR count). The van der Waals surface area contributed by atoms with Gasteiger partial charge in [-0.05, 0) is 25.0 Å². The van der Waals surface area contributed by atoms with Gasteiger partial charge in [-0.15, -0.1) is 0 Å². The van der Waals surface area contributed by atoms with Crippen molar-refractivity contribution in [3.63, 3.8) is 0 Å². The van der Waals surface area contributed by atoms with E-state index >= 15 is 0 Å². The van der Waals surface area contributed by atoms with Gasteiger partial charge in [-0.1, -0.05) is 31.0 Å². The number of oxazole rings is 1. The minimum Gasteiger partial charge on any atom is -0.431 e. The number of hydrogen-bond acceptors (Lipinski definition) is 4. The van der Waals surface area contributed by atoms with Crippen LogP contribution >= 0.6 is 11.8 Å². The normalized spacial score (nSPS) is 17.6. The lowest BCUT2D eigenvalue weighted by molar-refractivity contribution is 0.477. The highest BCUT2D eigenvalue weighted by molar-refractivity contribution is 7.99. The highest BCUT2D eigenvalue weighted by Crippen LogP contribution is 2.34. The van der Waals surface area contributed by atoms with Crippen LogP contribution in [0.2, 0.25) is 0 Å². The number of thioether (sulfide) groups is 1. The van der Waals surface area contributed by atoms with Gasteiger partial charge < -0.3 is 10.2 Å². The average Bonchev–Trinajstić information content (AvgIpc) is 2.71. The number of benzene rings is 1. The molecule has 0 saturated heterocycles.